The van der Waals surface area contributed by atoms with Crippen molar-refractivity contribution in [3.05, 3.63) is 88.0 Å². The number of nitrogens with two attached hydrogens (primary N) is 1. The summed E-state index contributed by atoms with van der Waals surface area (Å²) in [4.78, 5) is 48.4. The Morgan fingerprint density at radius 1 is 1.03 bits per heavy atom. The molecule has 1 spiro atoms. The number of carbonyl (C=O) groups is 2. The third-order valence-corrected chi connectivity index (χ3v) is 17.0. The maximum Gasteiger partial charge on any atom is 0.264 e. The maximum absolute atomic E-state index is 14.6. The zero-order valence-electron chi connectivity index (χ0n) is 45.9. The molecule has 2 saturated carbocycles. The lowest BCUT2D eigenvalue weighted by Gasteiger charge is -2.63. The average molecular weight is 1050 g/mol. The number of anilines is 2. The fraction of sp³-hybridized carbons (Fsp3) is 0.569. The molecule has 0 bridgehead atoms. The minimum absolute atomic E-state index is 0. The molecule has 16 nitrogen and oxygen atoms in total. The van der Waals surface area contributed by atoms with E-state index < -0.39 is 17.3 Å². The molecule has 2 amide bonds. The number of rotatable bonds is 14. The Morgan fingerprint density at radius 3 is 2.36 bits per heavy atom. The molecule has 3 aromatic rings. The molecule has 76 heavy (non-hydrogen) atoms. The van der Waals surface area contributed by atoms with E-state index in [2.05, 4.69) is 59.2 Å². The molecular weight excluding hydrogens is 967 g/mol. The van der Waals surface area contributed by atoms with Gasteiger partial charge in [0.15, 0.2) is 0 Å². The van der Waals surface area contributed by atoms with Crippen LogP contribution in [0.3, 0.4) is 0 Å². The Bertz CT molecular complexity index is 2770. The van der Waals surface area contributed by atoms with Crippen molar-refractivity contribution in [2.24, 2.45) is 32.9 Å². The largest absolute Gasteiger partial charge is 0.495 e. The average Bonchev–Trinajstić information content (AvgIpc) is 4.22. The molecule has 2 aromatic carbocycles. The van der Waals surface area contributed by atoms with Crippen LogP contribution >= 0.6 is 0 Å². The highest BCUT2D eigenvalue weighted by Crippen LogP contribution is 2.57. The van der Waals surface area contributed by atoms with E-state index in [9.17, 15) is 29.0 Å². The number of hydrogen-bond donors (Lipinski definition) is 4. The number of aromatic nitrogens is 2. The molecule has 5 N–H and O–H groups in total. The number of carbonyl (C=O) groups excluding carboxylic acids is 2. The lowest BCUT2D eigenvalue weighted by Crippen LogP contribution is -2.74. The first-order valence-corrected chi connectivity index (χ1v) is 27.2. The first kappa shape index (κ1) is 55.6. The number of amidine groups is 1. The van der Waals surface area contributed by atoms with E-state index in [4.69, 9.17) is 25.2 Å². The number of nitrogens with zero attached hydrogens (tertiary/aromatic N) is 8. The second-order valence-corrected chi connectivity index (χ2v) is 22.4. The number of fused-ring (bicyclic) bond motifs is 1. The van der Waals surface area contributed by atoms with Crippen LogP contribution in [0, 0.1) is 38.9 Å². The number of aliphatic imine (C=N–C) groups is 1. The third-order valence-electron chi connectivity index (χ3n) is 17.0. The van der Waals surface area contributed by atoms with Gasteiger partial charge in [0, 0.05) is 150 Å². The summed E-state index contributed by atoms with van der Waals surface area (Å²) >= 11 is 0. The lowest BCUT2D eigenvalue weighted by molar-refractivity contribution is -0.164. The Kier molecular flexibility index (Phi) is 16.8. The summed E-state index contributed by atoms with van der Waals surface area (Å²) in [6.07, 6.45) is 10.4. The van der Waals surface area contributed by atoms with Crippen LogP contribution in [0.5, 0.6) is 11.5 Å². The van der Waals surface area contributed by atoms with Crippen molar-refractivity contribution in [1.29, 1.82) is 10.7 Å². The van der Waals surface area contributed by atoms with Gasteiger partial charge in [-0.3, -0.25) is 20.0 Å². The van der Waals surface area contributed by atoms with E-state index in [1.54, 1.807) is 55.5 Å². The molecule has 2 saturated heterocycles. The minimum Gasteiger partial charge on any atom is -0.495 e. The van der Waals surface area contributed by atoms with Crippen LogP contribution in [0.25, 0.3) is 5.57 Å². The van der Waals surface area contributed by atoms with Crippen LogP contribution in [0.15, 0.2) is 65.2 Å². The van der Waals surface area contributed by atoms with Crippen LogP contribution in [0.4, 0.5) is 20.4 Å². The summed E-state index contributed by atoms with van der Waals surface area (Å²) in [6.45, 7) is 19.9. The molecule has 4 fully saturated rings. The highest BCUT2D eigenvalue weighted by Gasteiger charge is 2.64. The molecule has 1 aromatic heterocycles. The summed E-state index contributed by atoms with van der Waals surface area (Å²) in [5.41, 5.74) is 9.91. The standard InChI is InChI=1S/C56H72F2N12O4.C2H6.H2/c1-34(71)68-22-15-45(44(32-68)49(61)70-18-8-9-35-23-42(37(27-60)28-62-6)43(48(57)58)25-46(35)70)65-40-13-19-67(20-14-40)31-39-12-21-69(33-56(39)16-17-56)53-63-29-38(30-64-53)50(72)66-51-54(2,3)52(55(51,4)5)74-41-11-10-36(26-59)47(24-41)73-7;1-2;/h10-11,23-25,27-30,39-40,48,51-52,61,65H,8-9,12-22,31-33,60H2,1-7H3,(H,66,72);1-2H3;1H/b37-27+,61-49?,62-28?;;. The second kappa shape index (κ2) is 22.9. The van der Waals surface area contributed by atoms with Gasteiger partial charge in [0.2, 0.25) is 11.9 Å². The van der Waals surface area contributed by atoms with Crippen LogP contribution in [-0.4, -0.2) is 128 Å². The van der Waals surface area contributed by atoms with Gasteiger partial charge in [0.1, 0.15) is 29.5 Å². The number of piperidine rings is 2. The lowest BCUT2D eigenvalue weighted by atomic mass is 9.49. The van der Waals surface area contributed by atoms with Crippen LogP contribution in [0.1, 0.15) is 134 Å². The summed E-state index contributed by atoms with van der Waals surface area (Å²) in [6, 6.07) is 10.6. The van der Waals surface area contributed by atoms with Gasteiger partial charge >= 0.3 is 0 Å². The number of ether oxygens (including phenoxy) is 2. The first-order chi connectivity index (χ1) is 36.4. The van der Waals surface area contributed by atoms with Gasteiger partial charge in [-0.15, -0.1) is 0 Å². The fourth-order valence-corrected chi connectivity index (χ4v) is 13.0. The molecule has 5 heterocycles. The van der Waals surface area contributed by atoms with E-state index in [0.29, 0.717) is 77.2 Å². The summed E-state index contributed by atoms with van der Waals surface area (Å²) in [7, 11) is 3.11. The van der Waals surface area contributed by atoms with E-state index >= 15 is 0 Å². The molecule has 1 atom stereocenters. The van der Waals surface area contributed by atoms with Crippen molar-refractivity contribution in [3.63, 3.8) is 0 Å². The van der Waals surface area contributed by atoms with E-state index in [1.165, 1.54) is 38.4 Å². The van der Waals surface area contributed by atoms with Gasteiger partial charge in [0.05, 0.1) is 24.8 Å². The number of amides is 2. The topological polar surface area (TPSA) is 201 Å². The Morgan fingerprint density at radius 2 is 1.74 bits per heavy atom. The van der Waals surface area contributed by atoms with Gasteiger partial charge in [-0.25, -0.2) is 18.7 Å². The van der Waals surface area contributed by atoms with Crippen molar-refractivity contribution in [1.82, 2.24) is 30.4 Å². The van der Waals surface area contributed by atoms with Crippen molar-refractivity contribution in [2.75, 3.05) is 76.3 Å². The van der Waals surface area contributed by atoms with E-state index in [0.717, 1.165) is 75.2 Å². The maximum atomic E-state index is 14.6. The van der Waals surface area contributed by atoms with Crippen LogP contribution in [0.2, 0.25) is 0 Å². The molecule has 6 aliphatic rings. The highest BCUT2D eigenvalue weighted by atomic mass is 19.3. The second-order valence-electron chi connectivity index (χ2n) is 22.4. The number of allylic oxidation sites excluding steroid dienone is 1. The van der Waals surface area contributed by atoms with Gasteiger partial charge in [-0.1, -0.05) is 41.5 Å². The van der Waals surface area contributed by atoms with Crippen molar-refractivity contribution in [3.8, 4) is 17.6 Å². The number of nitrogens with one attached hydrogen (secondary N) is 3. The molecular formula is C58H80F2N12O4. The fourth-order valence-electron chi connectivity index (χ4n) is 13.0. The SMILES string of the molecule is CC.CN=C/C(=C\N)c1cc2c(cc1C(F)F)N(C(=N)C1=C(NC3CCN(CC4CCN(c5ncc(C(=O)NC6C(C)(C)C(Oc7ccc(C#N)c(OC)c7)C6(C)C)cn5)CC45CC5)CC3)CCN(C(C)=O)C1)CCC2.[HH]. The first-order valence-electron chi connectivity index (χ1n) is 27.2. The highest BCUT2D eigenvalue weighted by molar-refractivity contribution is 6.12. The van der Waals surface area contributed by atoms with Crippen molar-refractivity contribution < 1.29 is 29.3 Å². The van der Waals surface area contributed by atoms with Crippen molar-refractivity contribution in [2.45, 2.75) is 124 Å². The molecule has 2 aliphatic carbocycles. The smallest absolute Gasteiger partial charge is 0.264 e. The molecule has 410 valence electrons. The van der Waals surface area contributed by atoms with Gasteiger partial charge < -0.3 is 45.4 Å². The number of benzene rings is 2. The number of halogens is 2. The molecule has 0 radical (unpaired) electrons. The number of alkyl halides is 2. The quantitative estimate of drug-likeness (QED) is 0.0885. The van der Waals surface area contributed by atoms with Gasteiger partial charge in [0.25, 0.3) is 12.3 Å². The summed E-state index contributed by atoms with van der Waals surface area (Å²) in [5.74, 6) is 2.23. The Balaban J connectivity index is 0.00000284. The number of likely N-dealkylation sites (tertiary alicyclic amines) is 1. The third kappa shape index (κ3) is 11.1. The zero-order chi connectivity index (χ0) is 54.7. The van der Waals surface area contributed by atoms with Crippen molar-refractivity contribution >= 4 is 41.1 Å². The predicted molar refractivity (Wildman–Crippen MR) is 296 cm³/mol. The normalized spacial score (nSPS) is 23.0. The summed E-state index contributed by atoms with van der Waals surface area (Å²) in [5, 5.41) is 26.1. The molecule has 9 rings (SSSR count). The number of nitriles is 1. The zero-order valence-corrected chi connectivity index (χ0v) is 45.9. The predicted octanol–water partition coefficient (Wildman–Crippen LogP) is 8.78. The summed E-state index contributed by atoms with van der Waals surface area (Å²) < 4.78 is 41.2. The van der Waals surface area contributed by atoms with Gasteiger partial charge in [-0.05, 0) is 91.7 Å². The number of methoxy groups -OCH3 is 1. The Labute approximate surface area is 449 Å². The molecule has 4 aliphatic heterocycles. The number of aryl methyl sites for hydroxylation is 1. The minimum atomic E-state index is -2.76. The molecule has 18 heteroatoms. The van der Waals surface area contributed by atoms with E-state index in [1.807, 2.05) is 18.7 Å². The molecule has 1 unspecified atom stereocenters. The van der Waals surface area contributed by atoms with Crippen LogP contribution in [-0.2, 0) is 11.2 Å². The number of hydrogen-bond acceptors (Lipinski definition) is 13. The monoisotopic (exact) mass is 1050 g/mol. The van der Waals surface area contributed by atoms with Crippen LogP contribution < -0.4 is 35.6 Å². The van der Waals surface area contributed by atoms with E-state index in [-0.39, 0.29) is 54.8 Å². The van der Waals surface area contributed by atoms with Gasteiger partial charge in [-0.2, -0.15) is 5.26 Å². The Hall–Kier alpha value is -6.61.